The Morgan fingerprint density at radius 1 is 0.783 bits per heavy atom. The van der Waals surface area contributed by atoms with Gasteiger partial charge in [0.2, 0.25) is 0 Å². The molecule has 2 aromatic rings. The summed E-state index contributed by atoms with van der Waals surface area (Å²) >= 11 is 0. The maximum absolute atomic E-state index is 11.0. The molecule has 0 saturated heterocycles. The zero-order chi connectivity index (χ0) is 17.0. The first-order valence-corrected chi connectivity index (χ1v) is 9.47. The number of benzene rings is 2. The van der Waals surface area contributed by atoms with Gasteiger partial charge in [0.1, 0.15) is 0 Å². The zero-order valence-electron chi connectivity index (χ0n) is 12.5. The lowest BCUT2D eigenvalue weighted by atomic mass is 10.3. The van der Waals surface area contributed by atoms with Gasteiger partial charge in [-0.15, -0.1) is 0 Å². The lowest BCUT2D eigenvalue weighted by molar-refractivity contribution is -0.385. The first-order valence-electron chi connectivity index (χ1n) is 6.65. The topological polar surface area (TPSA) is 105 Å². The number of rotatable bonds is 6. The monoisotopic (exact) mass is 334 g/mol. The highest BCUT2D eigenvalue weighted by atomic mass is 28.4. The van der Waals surface area contributed by atoms with Crippen molar-refractivity contribution in [2.24, 2.45) is 0 Å². The normalized spacial score (nSPS) is 10.9. The van der Waals surface area contributed by atoms with Gasteiger partial charge in [-0.05, 0) is 12.1 Å². The third-order valence-corrected chi connectivity index (χ3v) is 4.26. The Labute approximate surface area is 132 Å². The van der Waals surface area contributed by atoms with Crippen LogP contribution in [0, 0.1) is 20.2 Å². The van der Waals surface area contributed by atoms with Gasteiger partial charge in [0.05, 0.1) is 9.85 Å². The minimum atomic E-state index is -2.95. The van der Waals surface area contributed by atoms with Crippen LogP contribution < -0.4 is 8.85 Å². The molecule has 0 bridgehead atoms. The minimum Gasteiger partial charge on any atom is -0.507 e. The molecule has 0 fully saturated rings. The van der Waals surface area contributed by atoms with Crippen LogP contribution >= 0.6 is 0 Å². The Hall–Kier alpha value is -2.94. The summed E-state index contributed by atoms with van der Waals surface area (Å²) in [5.41, 5.74) is -0.363. The summed E-state index contributed by atoms with van der Waals surface area (Å²) in [6, 6.07) is 11.9. The fourth-order valence-corrected chi connectivity index (χ4v) is 3.39. The van der Waals surface area contributed by atoms with Crippen LogP contribution in [0.15, 0.2) is 48.5 Å². The first kappa shape index (κ1) is 16.4. The van der Waals surface area contributed by atoms with E-state index in [1.165, 1.54) is 36.4 Å². The molecule has 0 aliphatic carbocycles. The molecule has 0 N–H and O–H groups in total. The molecule has 0 unspecified atom stereocenters. The van der Waals surface area contributed by atoms with Crippen molar-refractivity contribution in [2.75, 3.05) is 0 Å². The van der Waals surface area contributed by atoms with Crippen molar-refractivity contribution >= 4 is 19.9 Å². The Balaban J connectivity index is 2.27. The number of nitro groups is 2. The van der Waals surface area contributed by atoms with Gasteiger partial charge in [-0.3, -0.25) is 20.2 Å². The number of nitrogens with zero attached hydrogens (tertiary/aromatic N) is 2. The van der Waals surface area contributed by atoms with Crippen LogP contribution in [0.2, 0.25) is 13.1 Å². The van der Waals surface area contributed by atoms with E-state index in [0.29, 0.717) is 0 Å². The molecule has 0 radical (unpaired) electrons. The molecule has 8 nitrogen and oxygen atoms in total. The van der Waals surface area contributed by atoms with E-state index in [2.05, 4.69) is 0 Å². The number of para-hydroxylation sites is 4. The maximum Gasteiger partial charge on any atom is 0.454 e. The van der Waals surface area contributed by atoms with Gasteiger partial charge in [-0.2, -0.15) is 0 Å². The quantitative estimate of drug-likeness (QED) is 0.453. The SMILES string of the molecule is C[Si](C)(Oc1ccccc1[N+](=O)[O-])Oc1ccccc1[N+](=O)[O-]. The van der Waals surface area contributed by atoms with Crippen molar-refractivity contribution < 1.29 is 18.7 Å². The zero-order valence-corrected chi connectivity index (χ0v) is 13.5. The second kappa shape index (κ2) is 6.44. The van der Waals surface area contributed by atoms with Crippen LogP contribution in [0.1, 0.15) is 0 Å². The molecule has 0 spiro atoms. The van der Waals surface area contributed by atoms with Crippen LogP contribution in [-0.4, -0.2) is 18.4 Å². The summed E-state index contributed by atoms with van der Waals surface area (Å²) in [5, 5.41) is 22.0. The van der Waals surface area contributed by atoms with Crippen molar-refractivity contribution in [3.63, 3.8) is 0 Å². The van der Waals surface area contributed by atoms with Crippen molar-refractivity contribution in [1.82, 2.24) is 0 Å². The third-order valence-electron chi connectivity index (χ3n) is 2.84. The van der Waals surface area contributed by atoms with E-state index in [4.69, 9.17) is 8.85 Å². The molecule has 0 saturated carbocycles. The molecule has 9 heteroatoms. The van der Waals surface area contributed by atoms with E-state index in [1.807, 2.05) is 0 Å². The lowest BCUT2D eigenvalue weighted by Gasteiger charge is -2.24. The summed E-state index contributed by atoms with van der Waals surface area (Å²) in [6.45, 7) is 3.31. The van der Waals surface area contributed by atoms with E-state index in [0.717, 1.165) is 0 Å². The van der Waals surface area contributed by atoms with Crippen LogP contribution in [0.4, 0.5) is 11.4 Å². The van der Waals surface area contributed by atoms with Crippen molar-refractivity contribution in [1.29, 1.82) is 0 Å². The maximum atomic E-state index is 11.0. The Morgan fingerprint density at radius 3 is 1.48 bits per heavy atom. The van der Waals surface area contributed by atoms with E-state index in [9.17, 15) is 20.2 Å². The van der Waals surface area contributed by atoms with Gasteiger partial charge in [-0.1, -0.05) is 24.3 Å². The molecule has 2 aromatic carbocycles. The van der Waals surface area contributed by atoms with Crippen LogP contribution in [0.25, 0.3) is 0 Å². The highest BCUT2D eigenvalue weighted by Crippen LogP contribution is 2.32. The molecule has 2 rings (SSSR count). The van der Waals surface area contributed by atoms with Crippen LogP contribution in [-0.2, 0) is 0 Å². The average molecular weight is 334 g/mol. The largest absolute Gasteiger partial charge is 0.507 e. The highest BCUT2D eigenvalue weighted by Gasteiger charge is 2.34. The summed E-state index contributed by atoms with van der Waals surface area (Å²) in [6.07, 6.45) is 0. The van der Waals surface area contributed by atoms with Crippen LogP contribution in [0.3, 0.4) is 0 Å². The first-order chi connectivity index (χ1) is 10.8. The van der Waals surface area contributed by atoms with E-state index in [1.54, 1.807) is 25.2 Å². The van der Waals surface area contributed by atoms with Gasteiger partial charge < -0.3 is 8.85 Å². The molecule has 0 aliphatic rings. The second-order valence-electron chi connectivity index (χ2n) is 5.05. The number of hydrogen-bond acceptors (Lipinski definition) is 6. The molecular weight excluding hydrogens is 320 g/mol. The summed E-state index contributed by atoms with van der Waals surface area (Å²) in [5.74, 6) is 0.153. The molecule has 0 amide bonds. The predicted molar refractivity (Wildman–Crippen MR) is 84.9 cm³/mol. The van der Waals surface area contributed by atoms with Gasteiger partial charge in [-0.25, -0.2) is 0 Å². The van der Waals surface area contributed by atoms with Crippen LogP contribution in [0.5, 0.6) is 11.5 Å². The second-order valence-corrected chi connectivity index (χ2v) is 8.26. The number of hydrogen-bond donors (Lipinski definition) is 0. The van der Waals surface area contributed by atoms with Crippen molar-refractivity contribution in [3.8, 4) is 11.5 Å². The number of nitro benzene ring substituents is 2. The average Bonchev–Trinajstić information content (AvgIpc) is 2.47. The fraction of sp³-hybridized carbons (Fsp3) is 0.143. The Bertz CT molecular complexity index is 688. The molecule has 0 aromatic heterocycles. The van der Waals surface area contributed by atoms with E-state index in [-0.39, 0.29) is 22.9 Å². The summed E-state index contributed by atoms with van der Waals surface area (Å²) < 4.78 is 11.4. The molecule has 23 heavy (non-hydrogen) atoms. The van der Waals surface area contributed by atoms with Gasteiger partial charge >= 0.3 is 19.9 Å². The van der Waals surface area contributed by atoms with Crippen molar-refractivity contribution in [3.05, 3.63) is 68.8 Å². The third kappa shape index (κ3) is 4.04. The molecule has 120 valence electrons. The predicted octanol–water partition coefficient (Wildman–Crippen LogP) is 3.66. The molecule has 0 heterocycles. The van der Waals surface area contributed by atoms with Crippen molar-refractivity contribution in [2.45, 2.75) is 13.1 Å². The summed E-state index contributed by atoms with van der Waals surface area (Å²) in [4.78, 5) is 20.9. The molecular formula is C14H14N2O6Si. The van der Waals surface area contributed by atoms with Gasteiger partial charge in [0, 0.05) is 25.2 Å². The van der Waals surface area contributed by atoms with E-state index >= 15 is 0 Å². The van der Waals surface area contributed by atoms with E-state index < -0.39 is 18.4 Å². The Morgan fingerprint density at radius 2 is 1.13 bits per heavy atom. The van der Waals surface area contributed by atoms with Gasteiger partial charge in [0.15, 0.2) is 11.5 Å². The smallest absolute Gasteiger partial charge is 0.454 e. The van der Waals surface area contributed by atoms with Gasteiger partial charge in [0.25, 0.3) is 0 Å². The molecule has 0 aliphatic heterocycles. The highest BCUT2D eigenvalue weighted by molar-refractivity contribution is 6.66. The fourth-order valence-electron chi connectivity index (χ4n) is 1.94. The standard InChI is InChI=1S/C14H14N2O6Si/c1-23(2,21-13-9-5-3-7-11(13)15(17)18)22-14-10-6-4-8-12(14)16(19)20/h3-10H,1-2H3. The Kier molecular flexibility index (Phi) is 4.60. The minimum absolute atomic E-state index is 0.0766. The summed E-state index contributed by atoms with van der Waals surface area (Å²) in [7, 11) is -2.95. The molecule has 0 atom stereocenters. The lowest BCUT2D eigenvalue weighted by Crippen LogP contribution is -2.42.